The van der Waals surface area contributed by atoms with Gasteiger partial charge in [0.2, 0.25) is 0 Å². The summed E-state index contributed by atoms with van der Waals surface area (Å²) >= 11 is 0. The lowest BCUT2D eigenvalue weighted by atomic mass is 10.2. The average Bonchev–Trinajstić information content (AvgIpc) is 2.70. The normalized spacial score (nSPS) is 13.8. The molecule has 0 aromatic heterocycles. The molecule has 0 aliphatic heterocycles. The van der Waals surface area contributed by atoms with Crippen LogP contribution in [0, 0.1) is 0 Å². The molecular formula is C26H47NO2. The number of hydrogen-bond donors (Lipinski definition) is 2. The minimum atomic E-state index is -0.411. The SMILES string of the molecule is CCCCC/C=C\C/C=C\C/C=C\C/C=C\CCCCOCC(O)CNC(C)C. The van der Waals surface area contributed by atoms with Gasteiger partial charge in [-0.25, -0.2) is 0 Å². The van der Waals surface area contributed by atoms with Gasteiger partial charge >= 0.3 is 0 Å². The monoisotopic (exact) mass is 405 g/mol. The minimum Gasteiger partial charge on any atom is -0.389 e. The number of aliphatic hydroxyl groups excluding tert-OH is 1. The fourth-order valence-electron chi connectivity index (χ4n) is 2.68. The van der Waals surface area contributed by atoms with Crippen molar-refractivity contribution in [3.05, 3.63) is 48.6 Å². The third-order valence-corrected chi connectivity index (χ3v) is 4.44. The van der Waals surface area contributed by atoms with E-state index in [2.05, 4.69) is 74.7 Å². The number of allylic oxidation sites excluding steroid dienone is 8. The van der Waals surface area contributed by atoms with Gasteiger partial charge in [0.1, 0.15) is 0 Å². The summed E-state index contributed by atoms with van der Waals surface area (Å²) in [6.45, 7) is 8.14. The van der Waals surface area contributed by atoms with E-state index >= 15 is 0 Å². The van der Waals surface area contributed by atoms with Crippen LogP contribution in [0.2, 0.25) is 0 Å². The van der Waals surface area contributed by atoms with Gasteiger partial charge in [0.25, 0.3) is 0 Å². The maximum Gasteiger partial charge on any atom is 0.0897 e. The molecule has 1 atom stereocenters. The van der Waals surface area contributed by atoms with E-state index < -0.39 is 6.10 Å². The van der Waals surface area contributed by atoms with Crippen molar-refractivity contribution in [1.29, 1.82) is 0 Å². The van der Waals surface area contributed by atoms with Gasteiger partial charge in [0, 0.05) is 19.2 Å². The van der Waals surface area contributed by atoms with Crippen LogP contribution in [0.25, 0.3) is 0 Å². The predicted octanol–water partition coefficient (Wildman–Crippen LogP) is 6.51. The van der Waals surface area contributed by atoms with Crippen molar-refractivity contribution in [3.8, 4) is 0 Å². The summed E-state index contributed by atoms with van der Waals surface area (Å²) in [5.74, 6) is 0. The molecule has 2 N–H and O–H groups in total. The first-order valence-corrected chi connectivity index (χ1v) is 11.8. The Bertz CT molecular complexity index is 438. The van der Waals surface area contributed by atoms with Crippen molar-refractivity contribution in [1.82, 2.24) is 5.32 Å². The van der Waals surface area contributed by atoms with Crippen LogP contribution in [-0.4, -0.2) is 37.0 Å². The van der Waals surface area contributed by atoms with Crippen LogP contribution in [0.1, 0.15) is 85.0 Å². The van der Waals surface area contributed by atoms with E-state index in [0.29, 0.717) is 19.2 Å². The van der Waals surface area contributed by atoms with Gasteiger partial charge in [0.05, 0.1) is 12.7 Å². The largest absolute Gasteiger partial charge is 0.389 e. The molecule has 0 saturated carbocycles. The molecule has 0 radical (unpaired) electrons. The van der Waals surface area contributed by atoms with Crippen molar-refractivity contribution in [2.45, 2.75) is 97.1 Å². The zero-order chi connectivity index (χ0) is 21.4. The maximum absolute atomic E-state index is 9.74. The summed E-state index contributed by atoms with van der Waals surface area (Å²) in [6, 6.07) is 0.398. The Balaban J connectivity index is 3.39. The molecular weight excluding hydrogens is 358 g/mol. The number of ether oxygens (including phenoxy) is 1. The van der Waals surface area contributed by atoms with Gasteiger partial charge < -0.3 is 15.2 Å². The molecule has 29 heavy (non-hydrogen) atoms. The van der Waals surface area contributed by atoms with Crippen LogP contribution < -0.4 is 5.32 Å². The predicted molar refractivity (Wildman–Crippen MR) is 128 cm³/mol. The van der Waals surface area contributed by atoms with Crippen molar-refractivity contribution in [2.75, 3.05) is 19.8 Å². The summed E-state index contributed by atoms with van der Waals surface area (Å²) in [5.41, 5.74) is 0. The molecule has 168 valence electrons. The van der Waals surface area contributed by atoms with Gasteiger partial charge in [-0.1, -0.05) is 82.2 Å². The second-order valence-corrected chi connectivity index (χ2v) is 7.88. The fourth-order valence-corrected chi connectivity index (χ4v) is 2.68. The lowest BCUT2D eigenvalue weighted by Crippen LogP contribution is -2.34. The molecule has 0 bridgehead atoms. The van der Waals surface area contributed by atoms with E-state index in [-0.39, 0.29) is 0 Å². The first kappa shape index (κ1) is 27.8. The van der Waals surface area contributed by atoms with Crippen LogP contribution in [0.3, 0.4) is 0 Å². The molecule has 1 unspecified atom stereocenters. The zero-order valence-corrected chi connectivity index (χ0v) is 19.3. The lowest BCUT2D eigenvalue weighted by molar-refractivity contribution is 0.0348. The van der Waals surface area contributed by atoms with Crippen LogP contribution in [-0.2, 0) is 4.74 Å². The van der Waals surface area contributed by atoms with Crippen LogP contribution >= 0.6 is 0 Å². The summed E-state index contributed by atoms with van der Waals surface area (Å²) < 4.78 is 5.52. The highest BCUT2D eigenvalue weighted by Gasteiger charge is 2.04. The number of aliphatic hydroxyl groups is 1. The van der Waals surface area contributed by atoms with Gasteiger partial charge in [-0.15, -0.1) is 0 Å². The summed E-state index contributed by atoms with van der Waals surface area (Å²) in [4.78, 5) is 0. The number of nitrogens with one attached hydrogen (secondary N) is 1. The van der Waals surface area contributed by atoms with Crippen molar-refractivity contribution in [3.63, 3.8) is 0 Å². The van der Waals surface area contributed by atoms with Gasteiger partial charge in [-0.2, -0.15) is 0 Å². The second-order valence-electron chi connectivity index (χ2n) is 7.88. The Morgan fingerprint density at radius 1 is 0.759 bits per heavy atom. The first-order chi connectivity index (χ1) is 14.2. The quantitative estimate of drug-likeness (QED) is 0.179. The second kappa shape index (κ2) is 23.1. The first-order valence-electron chi connectivity index (χ1n) is 11.8. The Morgan fingerprint density at radius 3 is 1.79 bits per heavy atom. The maximum atomic E-state index is 9.74. The Kier molecular flexibility index (Phi) is 22.2. The molecule has 0 fully saturated rings. The summed E-state index contributed by atoms with van der Waals surface area (Å²) in [6.07, 6.45) is 29.2. The topological polar surface area (TPSA) is 41.5 Å². The molecule has 3 nitrogen and oxygen atoms in total. The minimum absolute atomic E-state index is 0.398. The molecule has 0 aromatic carbocycles. The highest BCUT2D eigenvalue weighted by Crippen LogP contribution is 2.01. The highest BCUT2D eigenvalue weighted by molar-refractivity contribution is 4.99. The van der Waals surface area contributed by atoms with E-state index in [1.54, 1.807) is 0 Å². The smallest absolute Gasteiger partial charge is 0.0897 e. The highest BCUT2D eigenvalue weighted by atomic mass is 16.5. The van der Waals surface area contributed by atoms with Gasteiger partial charge in [-0.3, -0.25) is 0 Å². The molecule has 0 amide bonds. The summed E-state index contributed by atoms with van der Waals surface area (Å²) in [7, 11) is 0. The Labute approximate surface area is 181 Å². The molecule has 0 rings (SSSR count). The fraction of sp³-hybridized carbons (Fsp3) is 0.692. The third kappa shape index (κ3) is 24.8. The zero-order valence-electron chi connectivity index (χ0n) is 19.3. The number of rotatable bonds is 20. The van der Waals surface area contributed by atoms with Gasteiger partial charge in [0.15, 0.2) is 0 Å². The lowest BCUT2D eigenvalue weighted by Gasteiger charge is -2.14. The van der Waals surface area contributed by atoms with Crippen molar-refractivity contribution in [2.24, 2.45) is 0 Å². The molecule has 0 spiro atoms. The summed E-state index contributed by atoms with van der Waals surface area (Å²) in [5, 5.41) is 12.9. The van der Waals surface area contributed by atoms with Crippen LogP contribution in [0.5, 0.6) is 0 Å². The van der Waals surface area contributed by atoms with Gasteiger partial charge in [-0.05, 0) is 51.4 Å². The van der Waals surface area contributed by atoms with E-state index in [1.165, 1.54) is 25.7 Å². The molecule has 0 aromatic rings. The van der Waals surface area contributed by atoms with E-state index in [1.807, 2.05) is 0 Å². The molecule has 0 saturated heterocycles. The molecule has 0 heterocycles. The average molecular weight is 406 g/mol. The molecule has 0 aliphatic rings. The van der Waals surface area contributed by atoms with Crippen molar-refractivity contribution < 1.29 is 9.84 Å². The van der Waals surface area contributed by atoms with Crippen LogP contribution in [0.4, 0.5) is 0 Å². The Hall–Kier alpha value is -1.16. The molecule has 0 aliphatic carbocycles. The standard InChI is InChI=1S/C26H47NO2/c1-4-5-6-7-8-9-10-11-12-13-14-15-16-17-18-19-20-21-22-29-24-26(28)23-27-25(2)3/h8-9,11-12,14-15,17-18,25-28H,4-7,10,13,16,19-24H2,1-3H3/b9-8-,12-11-,15-14-,18-17-. The van der Waals surface area contributed by atoms with Crippen molar-refractivity contribution >= 4 is 0 Å². The Morgan fingerprint density at radius 2 is 1.28 bits per heavy atom. The van der Waals surface area contributed by atoms with E-state index in [4.69, 9.17) is 4.74 Å². The third-order valence-electron chi connectivity index (χ3n) is 4.44. The van der Waals surface area contributed by atoms with E-state index in [9.17, 15) is 5.11 Å². The van der Waals surface area contributed by atoms with Crippen LogP contribution in [0.15, 0.2) is 48.6 Å². The number of hydrogen-bond acceptors (Lipinski definition) is 3. The van der Waals surface area contributed by atoms with E-state index in [0.717, 1.165) is 45.1 Å². The molecule has 3 heteroatoms. The number of unbranched alkanes of at least 4 members (excludes halogenated alkanes) is 5.